The number of benzene rings is 1. The van der Waals surface area contributed by atoms with Gasteiger partial charge in [0.25, 0.3) is 0 Å². The topological polar surface area (TPSA) is 37.3 Å². The number of alkyl halides is 3. The van der Waals surface area contributed by atoms with E-state index >= 15 is 0 Å². The summed E-state index contributed by atoms with van der Waals surface area (Å²) in [6.07, 6.45) is -2.74. The van der Waals surface area contributed by atoms with Crippen molar-refractivity contribution in [2.75, 3.05) is 0 Å². The minimum atomic E-state index is -4.48. The van der Waals surface area contributed by atoms with Crippen molar-refractivity contribution in [1.82, 2.24) is 0 Å². The summed E-state index contributed by atoms with van der Waals surface area (Å²) in [5.41, 5.74) is -0.860. The number of rotatable bonds is 2. The highest BCUT2D eigenvalue weighted by Gasteiger charge is 2.30. The van der Waals surface area contributed by atoms with E-state index in [0.717, 1.165) is 30.4 Å². The highest BCUT2D eigenvalue weighted by molar-refractivity contribution is 6.32. The van der Waals surface area contributed by atoms with Crippen LogP contribution in [0.3, 0.4) is 0 Å². The third-order valence-electron chi connectivity index (χ3n) is 1.73. The van der Waals surface area contributed by atoms with Crippen molar-refractivity contribution in [3.63, 3.8) is 0 Å². The Kier molecular flexibility index (Phi) is 3.59. The fourth-order valence-corrected chi connectivity index (χ4v) is 1.19. The van der Waals surface area contributed by atoms with Gasteiger partial charge < -0.3 is 5.11 Å². The molecule has 0 spiro atoms. The summed E-state index contributed by atoms with van der Waals surface area (Å²) in [7, 11) is 0. The van der Waals surface area contributed by atoms with Gasteiger partial charge in [-0.2, -0.15) is 13.2 Å². The maximum atomic E-state index is 12.3. The van der Waals surface area contributed by atoms with Crippen molar-refractivity contribution < 1.29 is 23.1 Å². The van der Waals surface area contributed by atoms with Crippen LogP contribution in [0.15, 0.2) is 24.3 Å². The molecule has 1 N–H and O–H groups in total. The fraction of sp³-hybridized carbons (Fsp3) is 0.100. The van der Waals surface area contributed by atoms with Crippen LogP contribution in [0.25, 0.3) is 6.08 Å². The molecule has 86 valence electrons. The van der Waals surface area contributed by atoms with Crippen LogP contribution >= 0.6 is 11.6 Å². The predicted octanol–water partition coefficient (Wildman–Crippen LogP) is 3.46. The first-order valence-corrected chi connectivity index (χ1v) is 4.46. The minimum Gasteiger partial charge on any atom is -0.478 e. The first kappa shape index (κ1) is 12.6. The monoisotopic (exact) mass is 250 g/mol. The lowest BCUT2D eigenvalue weighted by molar-refractivity contribution is -0.137. The van der Waals surface area contributed by atoms with E-state index in [0.29, 0.717) is 0 Å². The summed E-state index contributed by atoms with van der Waals surface area (Å²) in [5.74, 6) is -1.26. The lowest BCUT2D eigenvalue weighted by Gasteiger charge is -2.07. The second kappa shape index (κ2) is 4.57. The highest BCUT2D eigenvalue weighted by Crippen LogP contribution is 2.32. The molecule has 0 aliphatic heterocycles. The van der Waals surface area contributed by atoms with Crippen molar-refractivity contribution in [2.24, 2.45) is 0 Å². The van der Waals surface area contributed by atoms with Gasteiger partial charge in [0.1, 0.15) is 0 Å². The van der Waals surface area contributed by atoms with Crippen LogP contribution in [-0.4, -0.2) is 11.1 Å². The van der Waals surface area contributed by atoms with E-state index in [2.05, 4.69) is 0 Å². The smallest absolute Gasteiger partial charge is 0.416 e. The molecule has 0 saturated heterocycles. The molecule has 0 fully saturated rings. The summed E-state index contributed by atoms with van der Waals surface area (Å²) in [4.78, 5) is 10.2. The number of carboxylic acid groups (broad SMARTS) is 1. The molecule has 0 unspecified atom stereocenters. The zero-order chi connectivity index (χ0) is 12.3. The number of hydrogen-bond donors (Lipinski definition) is 1. The predicted molar refractivity (Wildman–Crippen MR) is 53.1 cm³/mol. The fourth-order valence-electron chi connectivity index (χ4n) is 1.01. The first-order chi connectivity index (χ1) is 7.30. The Morgan fingerprint density at radius 3 is 2.50 bits per heavy atom. The molecule has 1 rings (SSSR count). The molecular weight excluding hydrogens is 245 g/mol. The molecule has 0 heterocycles. The van der Waals surface area contributed by atoms with Crippen LogP contribution in [0.5, 0.6) is 0 Å². The Hall–Kier alpha value is -1.49. The van der Waals surface area contributed by atoms with E-state index in [1.165, 1.54) is 0 Å². The van der Waals surface area contributed by atoms with Gasteiger partial charge in [-0.05, 0) is 29.8 Å². The molecule has 0 atom stereocenters. The molecule has 0 aliphatic rings. The van der Waals surface area contributed by atoms with Gasteiger partial charge in [-0.3, -0.25) is 0 Å². The van der Waals surface area contributed by atoms with Crippen molar-refractivity contribution in [3.05, 3.63) is 40.4 Å². The quantitative estimate of drug-likeness (QED) is 0.816. The molecule has 1 aromatic rings. The Morgan fingerprint density at radius 1 is 1.38 bits per heavy atom. The second-order valence-corrected chi connectivity index (χ2v) is 3.31. The Morgan fingerprint density at radius 2 is 2.00 bits per heavy atom. The van der Waals surface area contributed by atoms with E-state index < -0.39 is 17.7 Å². The molecule has 0 aliphatic carbocycles. The SMILES string of the molecule is O=C(O)C=Cc1cc(C(F)(F)F)ccc1Cl. The van der Waals surface area contributed by atoms with Crippen molar-refractivity contribution in [2.45, 2.75) is 6.18 Å². The average Bonchev–Trinajstić information content (AvgIpc) is 2.14. The van der Waals surface area contributed by atoms with E-state index in [9.17, 15) is 18.0 Å². The second-order valence-electron chi connectivity index (χ2n) is 2.91. The standard InChI is InChI=1S/C10H6ClF3O2/c11-8-3-2-7(10(12,13)14)5-6(8)1-4-9(15)16/h1-5H,(H,15,16). The Balaban J connectivity index is 3.14. The van der Waals surface area contributed by atoms with Gasteiger partial charge in [-0.25, -0.2) is 4.79 Å². The van der Waals surface area contributed by atoms with Gasteiger partial charge in [-0.1, -0.05) is 11.6 Å². The average molecular weight is 251 g/mol. The molecule has 6 heteroatoms. The Labute approximate surface area is 94.0 Å². The normalized spacial score (nSPS) is 12.0. The van der Waals surface area contributed by atoms with Gasteiger partial charge in [0.15, 0.2) is 0 Å². The van der Waals surface area contributed by atoms with Crippen LogP contribution in [0.1, 0.15) is 11.1 Å². The number of halogens is 4. The van der Waals surface area contributed by atoms with Gasteiger partial charge in [0, 0.05) is 11.1 Å². The molecule has 0 radical (unpaired) electrons. The third kappa shape index (κ3) is 3.27. The maximum absolute atomic E-state index is 12.3. The van der Waals surface area contributed by atoms with Gasteiger partial charge in [-0.15, -0.1) is 0 Å². The number of hydrogen-bond acceptors (Lipinski definition) is 1. The molecule has 1 aromatic carbocycles. The van der Waals surface area contributed by atoms with Crippen LogP contribution in [0.2, 0.25) is 5.02 Å². The minimum absolute atomic E-state index is 0.0129. The van der Waals surface area contributed by atoms with Crippen LogP contribution in [0, 0.1) is 0 Å². The zero-order valence-corrected chi connectivity index (χ0v) is 8.51. The van der Waals surface area contributed by atoms with E-state index in [-0.39, 0.29) is 10.6 Å². The molecule has 2 nitrogen and oxygen atoms in total. The summed E-state index contributed by atoms with van der Waals surface area (Å²) >= 11 is 5.62. The molecule has 0 saturated carbocycles. The number of carboxylic acids is 1. The van der Waals surface area contributed by atoms with E-state index in [1.54, 1.807) is 0 Å². The molecule has 0 aromatic heterocycles. The van der Waals surface area contributed by atoms with Crippen molar-refractivity contribution in [1.29, 1.82) is 0 Å². The summed E-state index contributed by atoms with van der Waals surface area (Å²) in [6.45, 7) is 0. The van der Waals surface area contributed by atoms with E-state index in [1.807, 2.05) is 0 Å². The molecule has 16 heavy (non-hydrogen) atoms. The van der Waals surface area contributed by atoms with Crippen molar-refractivity contribution >= 4 is 23.6 Å². The van der Waals surface area contributed by atoms with E-state index in [4.69, 9.17) is 16.7 Å². The summed E-state index contributed by atoms with van der Waals surface area (Å²) in [5, 5.41) is 8.40. The largest absolute Gasteiger partial charge is 0.478 e. The highest BCUT2D eigenvalue weighted by atomic mass is 35.5. The van der Waals surface area contributed by atoms with Crippen LogP contribution in [-0.2, 0) is 11.0 Å². The molecule has 0 bridgehead atoms. The van der Waals surface area contributed by atoms with Crippen molar-refractivity contribution in [3.8, 4) is 0 Å². The maximum Gasteiger partial charge on any atom is 0.416 e. The van der Waals surface area contributed by atoms with Gasteiger partial charge in [0.2, 0.25) is 0 Å². The third-order valence-corrected chi connectivity index (χ3v) is 2.07. The molecular formula is C10H6ClF3O2. The number of aliphatic carboxylic acids is 1. The zero-order valence-electron chi connectivity index (χ0n) is 7.75. The van der Waals surface area contributed by atoms with Gasteiger partial charge in [0.05, 0.1) is 5.56 Å². The lowest BCUT2D eigenvalue weighted by atomic mass is 10.1. The lowest BCUT2D eigenvalue weighted by Crippen LogP contribution is -2.04. The Bertz CT molecular complexity index is 438. The number of carbonyl (C=O) groups is 1. The van der Waals surface area contributed by atoms with Crippen LogP contribution in [0.4, 0.5) is 13.2 Å². The van der Waals surface area contributed by atoms with Gasteiger partial charge >= 0.3 is 12.1 Å². The summed E-state index contributed by atoms with van der Waals surface area (Å²) < 4.78 is 36.9. The molecule has 0 amide bonds. The first-order valence-electron chi connectivity index (χ1n) is 4.08. The summed E-state index contributed by atoms with van der Waals surface area (Å²) in [6, 6.07) is 2.70. The van der Waals surface area contributed by atoms with Crippen LogP contribution < -0.4 is 0 Å².